The fourth-order valence-electron chi connectivity index (χ4n) is 1.86. The van der Waals surface area contributed by atoms with Crippen LogP contribution in [0.5, 0.6) is 0 Å². The normalized spacial score (nSPS) is 19.7. The maximum absolute atomic E-state index is 11.4. The van der Waals surface area contributed by atoms with Gasteiger partial charge in [-0.1, -0.05) is 15.9 Å². The minimum atomic E-state index is -0.148. The highest BCUT2D eigenvalue weighted by atomic mass is 79.9. The molecule has 5 nitrogen and oxygen atoms in total. The molecule has 1 aromatic rings. The van der Waals surface area contributed by atoms with Gasteiger partial charge in [-0.05, 0) is 6.42 Å². The molecule has 1 aromatic heterocycles. The minimum Gasteiger partial charge on any atom is -0.469 e. The summed E-state index contributed by atoms with van der Waals surface area (Å²) in [7, 11) is 1.42. The third-order valence-corrected chi connectivity index (χ3v) is 3.19. The topological polar surface area (TPSA) is 57.0 Å². The summed E-state index contributed by atoms with van der Waals surface area (Å²) in [5.74, 6) is 1.60. The van der Waals surface area contributed by atoms with Crippen molar-refractivity contribution in [2.24, 2.45) is 5.92 Å². The summed E-state index contributed by atoms with van der Waals surface area (Å²) in [6, 6.07) is 0. The second-order valence-corrected chi connectivity index (χ2v) is 4.09. The van der Waals surface area contributed by atoms with E-state index in [1.807, 2.05) is 0 Å². The fourth-order valence-corrected chi connectivity index (χ4v) is 2.27. The van der Waals surface area contributed by atoms with Gasteiger partial charge >= 0.3 is 5.97 Å². The molecule has 0 bridgehead atoms. The van der Waals surface area contributed by atoms with Gasteiger partial charge in [0.15, 0.2) is 0 Å². The Balaban J connectivity index is 2.17. The van der Waals surface area contributed by atoms with Gasteiger partial charge in [0.1, 0.15) is 11.6 Å². The monoisotopic (exact) mass is 273 g/mol. The highest BCUT2D eigenvalue weighted by Gasteiger charge is 2.27. The molecule has 0 aliphatic carbocycles. The number of fused-ring (bicyclic) bond motifs is 1. The molecule has 0 N–H and O–H groups in total. The molecule has 82 valence electrons. The number of ether oxygens (including phenoxy) is 1. The number of rotatable bonds is 2. The maximum atomic E-state index is 11.4. The SMILES string of the molecule is COC(=O)C1CCn2c(CBr)nnc2C1. The van der Waals surface area contributed by atoms with Gasteiger partial charge in [-0.25, -0.2) is 0 Å². The molecule has 0 fully saturated rings. The molecule has 1 aliphatic heterocycles. The van der Waals surface area contributed by atoms with Gasteiger partial charge in [-0.2, -0.15) is 0 Å². The summed E-state index contributed by atoms with van der Waals surface area (Å²) in [5.41, 5.74) is 0. The standard InChI is InChI=1S/C9H12BrN3O2/c1-15-9(14)6-2-3-13-7(4-6)11-12-8(13)5-10/h6H,2-5H2,1H3. The van der Waals surface area contributed by atoms with E-state index in [0.29, 0.717) is 11.8 Å². The second kappa shape index (κ2) is 4.30. The number of hydrogen-bond acceptors (Lipinski definition) is 4. The molecule has 1 unspecified atom stereocenters. The fraction of sp³-hybridized carbons (Fsp3) is 0.667. The van der Waals surface area contributed by atoms with Gasteiger partial charge in [-0.15, -0.1) is 10.2 Å². The zero-order valence-electron chi connectivity index (χ0n) is 8.44. The van der Waals surface area contributed by atoms with Crippen LogP contribution in [0.1, 0.15) is 18.1 Å². The first kappa shape index (κ1) is 10.6. The zero-order valence-corrected chi connectivity index (χ0v) is 10.0. The molecular formula is C9H12BrN3O2. The van der Waals surface area contributed by atoms with Crippen molar-refractivity contribution in [2.75, 3.05) is 7.11 Å². The average Bonchev–Trinajstić information content (AvgIpc) is 2.69. The number of nitrogens with zero attached hydrogens (tertiary/aromatic N) is 3. The first-order valence-corrected chi connectivity index (χ1v) is 5.93. The Bertz CT molecular complexity index is 377. The molecule has 0 saturated heterocycles. The summed E-state index contributed by atoms with van der Waals surface area (Å²) in [6.45, 7) is 0.795. The number of esters is 1. The van der Waals surface area contributed by atoms with Crippen LogP contribution in [0, 0.1) is 5.92 Å². The molecule has 6 heteroatoms. The van der Waals surface area contributed by atoms with Crippen LogP contribution >= 0.6 is 15.9 Å². The lowest BCUT2D eigenvalue weighted by Gasteiger charge is -2.21. The van der Waals surface area contributed by atoms with E-state index in [2.05, 4.69) is 30.7 Å². The quantitative estimate of drug-likeness (QED) is 0.594. The zero-order chi connectivity index (χ0) is 10.8. The van der Waals surface area contributed by atoms with E-state index in [1.54, 1.807) is 0 Å². The summed E-state index contributed by atoms with van der Waals surface area (Å²) in [4.78, 5) is 11.4. The smallest absolute Gasteiger partial charge is 0.309 e. The number of aromatic nitrogens is 3. The van der Waals surface area contributed by atoms with E-state index < -0.39 is 0 Å². The van der Waals surface area contributed by atoms with Crippen LogP contribution in [0.15, 0.2) is 0 Å². The molecule has 1 aliphatic rings. The van der Waals surface area contributed by atoms with Crippen molar-refractivity contribution >= 4 is 21.9 Å². The highest BCUT2D eigenvalue weighted by molar-refractivity contribution is 9.08. The Morgan fingerprint density at radius 3 is 3.13 bits per heavy atom. The van der Waals surface area contributed by atoms with Gasteiger partial charge in [-0.3, -0.25) is 4.79 Å². The molecule has 15 heavy (non-hydrogen) atoms. The lowest BCUT2D eigenvalue weighted by molar-refractivity contribution is -0.146. The first-order chi connectivity index (χ1) is 7.26. The predicted octanol–water partition coefficient (Wildman–Crippen LogP) is 0.908. The van der Waals surface area contributed by atoms with Crippen LogP contribution in [0.3, 0.4) is 0 Å². The van der Waals surface area contributed by atoms with E-state index in [-0.39, 0.29) is 11.9 Å². The molecule has 1 atom stereocenters. The number of carbonyl (C=O) groups is 1. The van der Waals surface area contributed by atoms with Crippen molar-refractivity contribution in [1.82, 2.24) is 14.8 Å². The van der Waals surface area contributed by atoms with Crippen molar-refractivity contribution < 1.29 is 9.53 Å². The number of halogens is 1. The van der Waals surface area contributed by atoms with Crippen molar-refractivity contribution in [3.05, 3.63) is 11.6 Å². The van der Waals surface area contributed by atoms with Crippen LogP contribution in [0.4, 0.5) is 0 Å². The van der Waals surface area contributed by atoms with Crippen LogP contribution in [0.2, 0.25) is 0 Å². The summed E-state index contributed by atoms with van der Waals surface area (Å²) >= 11 is 3.36. The molecule has 0 aromatic carbocycles. The second-order valence-electron chi connectivity index (χ2n) is 3.53. The lowest BCUT2D eigenvalue weighted by Crippen LogP contribution is -2.27. The van der Waals surface area contributed by atoms with Gasteiger partial charge in [0, 0.05) is 13.0 Å². The van der Waals surface area contributed by atoms with E-state index >= 15 is 0 Å². The minimum absolute atomic E-state index is 0.0603. The summed E-state index contributed by atoms with van der Waals surface area (Å²) in [5, 5.41) is 8.82. The van der Waals surface area contributed by atoms with Crippen molar-refractivity contribution in [1.29, 1.82) is 0 Å². The molecule has 2 heterocycles. The van der Waals surface area contributed by atoms with Crippen LogP contribution in [-0.2, 0) is 27.8 Å². The summed E-state index contributed by atoms with van der Waals surface area (Å²) in [6.07, 6.45) is 1.43. The number of hydrogen-bond donors (Lipinski definition) is 0. The number of carbonyl (C=O) groups excluding carboxylic acids is 1. The van der Waals surface area contributed by atoms with Gasteiger partial charge in [0.05, 0.1) is 18.4 Å². The summed E-state index contributed by atoms with van der Waals surface area (Å²) < 4.78 is 6.80. The molecule has 0 amide bonds. The maximum Gasteiger partial charge on any atom is 0.309 e. The number of methoxy groups -OCH3 is 1. The highest BCUT2D eigenvalue weighted by Crippen LogP contribution is 2.21. The Kier molecular flexibility index (Phi) is 3.04. The van der Waals surface area contributed by atoms with E-state index in [0.717, 1.165) is 24.6 Å². The third-order valence-electron chi connectivity index (χ3n) is 2.69. The van der Waals surface area contributed by atoms with Gasteiger partial charge in [0.25, 0.3) is 0 Å². The third kappa shape index (κ3) is 1.90. The van der Waals surface area contributed by atoms with Gasteiger partial charge in [0.2, 0.25) is 0 Å². The predicted molar refractivity (Wildman–Crippen MR) is 56.5 cm³/mol. The molecule has 0 radical (unpaired) electrons. The van der Waals surface area contributed by atoms with Crippen LogP contribution in [0.25, 0.3) is 0 Å². The average molecular weight is 274 g/mol. The molecular weight excluding hydrogens is 262 g/mol. The molecule has 0 saturated carbocycles. The number of alkyl halides is 1. The molecule has 2 rings (SSSR count). The van der Waals surface area contributed by atoms with Crippen molar-refractivity contribution in [2.45, 2.75) is 24.7 Å². The Morgan fingerprint density at radius 1 is 1.67 bits per heavy atom. The lowest BCUT2D eigenvalue weighted by atomic mass is 9.98. The first-order valence-electron chi connectivity index (χ1n) is 4.81. The Morgan fingerprint density at radius 2 is 2.47 bits per heavy atom. The van der Waals surface area contributed by atoms with Gasteiger partial charge < -0.3 is 9.30 Å². The Hall–Kier alpha value is -0.910. The van der Waals surface area contributed by atoms with Crippen molar-refractivity contribution in [3.8, 4) is 0 Å². The molecule has 0 spiro atoms. The largest absolute Gasteiger partial charge is 0.469 e. The van der Waals surface area contributed by atoms with Crippen LogP contribution in [-0.4, -0.2) is 27.8 Å². The van der Waals surface area contributed by atoms with E-state index in [1.165, 1.54) is 7.11 Å². The van der Waals surface area contributed by atoms with E-state index in [9.17, 15) is 4.79 Å². The Labute approximate surface area is 95.9 Å². The van der Waals surface area contributed by atoms with Crippen LogP contribution < -0.4 is 0 Å². The van der Waals surface area contributed by atoms with E-state index in [4.69, 9.17) is 4.74 Å². The van der Waals surface area contributed by atoms with Crippen molar-refractivity contribution in [3.63, 3.8) is 0 Å².